The second kappa shape index (κ2) is 9.32. The van der Waals surface area contributed by atoms with E-state index in [1.165, 1.54) is 23.5 Å². The second-order valence-corrected chi connectivity index (χ2v) is 6.76. The van der Waals surface area contributed by atoms with Crippen molar-refractivity contribution in [3.05, 3.63) is 64.9 Å². The molecule has 0 amide bonds. The number of esters is 1. The Balaban J connectivity index is 1.61. The molecule has 3 rings (SSSR count). The van der Waals surface area contributed by atoms with E-state index < -0.39 is 0 Å². The number of carbonyl (C=O) groups is 1. The normalized spacial score (nSPS) is 10.5. The molecule has 0 saturated heterocycles. The van der Waals surface area contributed by atoms with E-state index in [0.29, 0.717) is 29.4 Å². The summed E-state index contributed by atoms with van der Waals surface area (Å²) in [6, 6.07) is 11.4. The van der Waals surface area contributed by atoms with Crippen LogP contribution in [0.25, 0.3) is 10.6 Å². The van der Waals surface area contributed by atoms with Gasteiger partial charge in [0.2, 0.25) is 0 Å². The Hall–Kier alpha value is -2.93. The number of nitrogens with zero attached hydrogens (tertiary/aromatic N) is 1. The fourth-order valence-corrected chi connectivity index (χ4v) is 3.36. The Morgan fingerprint density at radius 1 is 1.14 bits per heavy atom. The van der Waals surface area contributed by atoms with E-state index in [4.69, 9.17) is 14.2 Å². The molecule has 0 unspecified atom stereocenters. The lowest BCUT2D eigenvalue weighted by Gasteiger charge is -2.09. The lowest BCUT2D eigenvalue weighted by molar-refractivity contribution is -0.144. The van der Waals surface area contributed by atoms with Gasteiger partial charge in [-0.2, -0.15) is 0 Å². The highest BCUT2D eigenvalue weighted by molar-refractivity contribution is 7.13. The predicted octanol–water partition coefficient (Wildman–Crippen LogP) is 4.64. The van der Waals surface area contributed by atoms with Gasteiger partial charge in [-0.3, -0.25) is 4.79 Å². The summed E-state index contributed by atoms with van der Waals surface area (Å²) in [6.07, 6.45) is 0.0906. The first-order valence-corrected chi connectivity index (χ1v) is 9.62. The summed E-state index contributed by atoms with van der Waals surface area (Å²) in [7, 11) is 1.59. The number of hydrogen-bond acceptors (Lipinski definition) is 6. The molecule has 3 aromatic rings. The van der Waals surface area contributed by atoms with Crippen LogP contribution in [0.3, 0.4) is 0 Å². The molecule has 2 aromatic carbocycles. The summed E-state index contributed by atoms with van der Waals surface area (Å²) in [5.74, 6) is 0.601. The summed E-state index contributed by atoms with van der Waals surface area (Å²) in [6.45, 7) is 2.56. The number of benzene rings is 2. The van der Waals surface area contributed by atoms with Crippen molar-refractivity contribution in [2.75, 3.05) is 13.7 Å². The molecule has 1 heterocycles. The zero-order chi connectivity index (χ0) is 19.9. The minimum Gasteiger partial charge on any atom is -0.493 e. The van der Waals surface area contributed by atoms with Crippen molar-refractivity contribution in [2.24, 2.45) is 0 Å². The van der Waals surface area contributed by atoms with Gasteiger partial charge in [0.1, 0.15) is 17.4 Å². The van der Waals surface area contributed by atoms with Crippen LogP contribution in [-0.2, 0) is 22.6 Å². The Morgan fingerprint density at radius 3 is 2.64 bits per heavy atom. The largest absolute Gasteiger partial charge is 0.493 e. The third kappa shape index (κ3) is 5.07. The van der Waals surface area contributed by atoms with Gasteiger partial charge in [0.15, 0.2) is 11.5 Å². The average Bonchev–Trinajstić information content (AvgIpc) is 3.18. The van der Waals surface area contributed by atoms with Crippen molar-refractivity contribution in [1.82, 2.24) is 4.98 Å². The number of halogens is 1. The molecule has 0 N–H and O–H groups in total. The van der Waals surface area contributed by atoms with Crippen LogP contribution in [0.1, 0.15) is 18.2 Å². The van der Waals surface area contributed by atoms with E-state index >= 15 is 0 Å². The van der Waals surface area contributed by atoms with E-state index in [9.17, 15) is 9.18 Å². The molecule has 0 spiro atoms. The van der Waals surface area contributed by atoms with E-state index in [0.717, 1.165) is 10.6 Å². The molecule has 0 radical (unpaired) electrons. The average molecular weight is 401 g/mol. The summed E-state index contributed by atoms with van der Waals surface area (Å²) < 4.78 is 29.1. The Morgan fingerprint density at radius 2 is 1.93 bits per heavy atom. The topological polar surface area (TPSA) is 57.7 Å². The predicted molar refractivity (Wildman–Crippen MR) is 105 cm³/mol. The molecule has 0 aliphatic heterocycles. The zero-order valence-corrected chi connectivity index (χ0v) is 16.4. The summed E-state index contributed by atoms with van der Waals surface area (Å²) in [5, 5.41) is 2.65. The van der Waals surface area contributed by atoms with Gasteiger partial charge in [0.25, 0.3) is 0 Å². The van der Waals surface area contributed by atoms with Gasteiger partial charge >= 0.3 is 5.97 Å². The van der Waals surface area contributed by atoms with Crippen LogP contribution in [-0.4, -0.2) is 24.7 Å². The van der Waals surface area contributed by atoms with Crippen molar-refractivity contribution in [3.63, 3.8) is 0 Å². The maximum atomic E-state index is 12.9. The molecule has 1 aromatic heterocycles. The lowest BCUT2D eigenvalue weighted by atomic mass is 10.1. The molecular weight excluding hydrogens is 381 g/mol. The number of thiazole rings is 1. The van der Waals surface area contributed by atoms with Crippen LogP contribution in [0.15, 0.2) is 47.8 Å². The summed E-state index contributed by atoms with van der Waals surface area (Å²) >= 11 is 1.46. The number of ether oxygens (including phenoxy) is 3. The smallest absolute Gasteiger partial charge is 0.310 e. The fourth-order valence-electron chi connectivity index (χ4n) is 2.56. The minimum absolute atomic E-state index is 0.0880. The van der Waals surface area contributed by atoms with Gasteiger partial charge in [-0.05, 0) is 42.8 Å². The number of hydrogen-bond donors (Lipinski definition) is 0. The molecule has 28 heavy (non-hydrogen) atoms. The number of methoxy groups -OCH3 is 1. The molecule has 0 bridgehead atoms. The van der Waals surface area contributed by atoms with E-state index in [1.807, 2.05) is 30.5 Å². The lowest BCUT2D eigenvalue weighted by Crippen LogP contribution is -2.08. The van der Waals surface area contributed by atoms with Crippen molar-refractivity contribution in [3.8, 4) is 22.1 Å². The monoisotopic (exact) mass is 401 g/mol. The second-order valence-electron chi connectivity index (χ2n) is 5.91. The molecular formula is C21H20FNO4S. The number of rotatable bonds is 8. The third-order valence-electron chi connectivity index (χ3n) is 3.90. The highest BCUT2D eigenvalue weighted by atomic mass is 32.1. The van der Waals surface area contributed by atoms with Crippen LogP contribution in [0.2, 0.25) is 0 Å². The van der Waals surface area contributed by atoms with Crippen LogP contribution in [0.5, 0.6) is 11.5 Å². The van der Waals surface area contributed by atoms with Crippen LogP contribution in [0, 0.1) is 5.82 Å². The molecule has 146 valence electrons. The van der Waals surface area contributed by atoms with Gasteiger partial charge in [-0.1, -0.05) is 12.1 Å². The molecule has 0 aliphatic rings. The molecule has 0 saturated carbocycles. The van der Waals surface area contributed by atoms with Crippen molar-refractivity contribution in [1.29, 1.82) is 0 Å². The first kappa shape index (κ1) is 19.8. The van der Waals surface area contributed by atoms with Crippen molar-refractivity contribution >= 4 is 17.3 Å². The quantitative estimate of drug-likeness (QED) is 0.515. The minimum atomic E-state index is -0.385. The van der Waals surface area contributed by atoms with Gasteiger partial charge in [0, 0.05) is 10.9 Å². The Labute approximate surface area is 166 Å². The standard InChI is InChI=1S/C21H20FNO4S/c1-3-26-18-9-6-15(11-19(18)25-2)21-23-17(13-28-21)12-27-20(24)10-14-4-7-16(22)8-5-14/h4-9,11,13H,3,10,12H2,1-2H3. The van der Waals surface area contributed by atoms with Crippen LogP contribution >= 0.6 is 11.3 Å². The van der Waals surface area contributed by atoms with Gasteiger partial charge in [-0.25, -0.2) is 9.37 Å². The maximum absolute atomic E-state index is 12.9. The van der Waals surface area contributed by atoms with Crippen molar-refractivity contribution < 1.29 is 23.4 Å². The molecule has 0 atom stereocenters. The number of aromatic nitrogens is 1. The van der Waals surface area contributed by atoms with Crippen LogP contribution < -0.4 is 9.47 Å². The molecule has 0 aliphatic carbocycles. The highest BCUT2D eigenvalue weighted by Crippen LogP contribution is 2.33. The Bertz CT molecular complexity index is 940. The van der Waals surface area contributed by atoms with E-state index in [2.05, 4.69) is 4.98 Å². The maximum Gasteiger partial charge on any atom is 0.310 e. The first-order chi connectivity index (χ1) is 13.6. The molecule has 7 heteroatoms. The number of carbonyl (C=O) groups excluding carboxylic acids is 1. The van der Waals surface area contributed by atoms with Crippen LogP contribution in [0.4, 0.5) is 4.39 Å². The van der Waals surface area contributed by atoms with E-state index in [1.54, 1.807) is 19.2 Å². The molecule has 0 fully saturated rings. The van der Waals surface area contributed by atoms with E-state index in [-0.39, 0.29) is 24.8 Å². The highest BCUT2D eigenvalue weighted by Gasteiger charge is 2.12. The summed E-state index contributed by atoms with van der Waals surface area (Å²) in [5.41, 5.74) is 2.27. The summed E-state index contributed by atoms with van der Waals surface area (Å²) in [4.78, 5) is 16.5. The van der Waals surface area contributed by atoms with Gasteiger partial charge in [-0.15, -0.1) is 11.3 Å². The zero-order valence-electron chi connectivity index (χ0n) is 15.6. The fraction of sp³-hybridized carbons (Fsp3) is 0.238. The van der Waals surface area contributed by atoms with Gasteiger partial charge < -0.3 is 14.2 Å². The first-order valence-electron chi connectivity index (χ1n) is 8.74. The SMILES string of the molecule is CCOc1ccc(-c2nc(COC(=O)Cc3ccc(F)cc3)cs2)cc1OC. The molecule has 5 nitrogen and oxygen atoms in total. The Kier molecular flexibility index (Phi) is 6.60. The van der Waals surface area contributed by atoms with Crippen molar-refractivity contribution in [2.45, 2.75) is 20.0 Å². The van der Waals surface area contributed by atoms with Gasteiger partial charge in [0.05, 0.1) is 25.8 Å². The third-order valence-corrected chi connectivity index (χ3v) is 4.85.